The number of nitrogens with one attached hydrogen (secondary N) is 3. The van der Waals surface area contributed by atoms with Gasteiger partial charge in [-0.15, -0.1) is 0 Å². The second-order valence-electron chi connectivity index (χ2n) is 5.22. The van der Waals surface area contributed by atoms with Crippen molar-refractivity contribution in [2.24, 2.45) is 0 Å². The molecule has 0 radical (unpaired) electrons. The van der Waals surface area contributed by atoms with Crippen LogP contribution in [0, 0.1) is 6.92 Å². The van der Waals surface area contributed by atoms with Crippen molar-refractivity contribution in [1.29, 1.82) is 0 Å². The summed E-state index contributed by atoms with van der Waals surface area (Å²) in [5.74, 6) is -0.341. The summed E-state index contributed by atoms with van der Waals surface area (Å²) in [5, 5.41) is 12.1. The first-order valence-electron chi connectivity index (χ1n) is 7.35. The minimum Gasteiger partial charge on any atom is -0.472 e. The molecule has 24 heavy (non-hydrogen) atoms. The lowest BCUT2D eigenvalue weighted by atomic mass is 10.1. The Bertz CT molecular complexity index is 852. The van der Waals surface area contributed by atoms with E-state index in [1.54, 1.807) is 6.07 Å². The maximum Gasteiger partial charge on any atom is 0.254 e. The molecule has 2 heterocycles. The number of hydrogen-bond donors (Lipinski definition) is 3. The molecule has 0 fully saturated rings. The molecule has 0 aliphatic carbocycles. The van der Waals surface area contributed by atoms with E-state index in [2.05, 4.69) is 20.8 Å². The fourth-order valence-electron chi connectivity index (χ4n) is 2.24. The number of anilines is 1. The van der Waals surface area contributed by atoms with Crippen molar-refractivity contribution in [3.05, 3.63) is 60.1 Å². The first kappa shape index (κ1) is 15.5. The maximum absolute atomic E-state index is 11.9. The van der Waals surface area contributed by atoms with Crippen molar-refractivity contribution in [2.75, 3.05) is 11.9 Å². The summed E-state index contributed by atoms with van der Waals surface area (Å²) in [4.78, 5) is 23.6. The van der Waals surface area contributed by atoms with Crippen LogP contribution in [0.25, 0.3) is 11.3 Å². The molecule has 0 aliphatic rings. The summed E-state index contributed by atoms with van der Waals surface area (Å²) in [6.07, 6.45) is 2.71. The van der Waals surface area contributed by atoms with Crippen LogP contribution in [0.15, 0.2) is 53.3 Å². The SMILES string of the molecule is Cc1ccccc1-c1cc(NC(=O)CNC(=O)c2ccoc2)n[nH]1. The topological polar surface area (TPSA) is 100 Å². The van der Waals surface area contributed by atoms with Crippen LogP contribution >= 0.6 is 0 Å². The molecule has 1 aromatic carbocycles. The summed E-state index contributed by atoms with van der Waals surface area (Å²) in [5.41, 5.74) is 3.29. The number of aromatic amines is 1. The monoisotopic (exact) mass is 324 g/mol. The molecule has 0 spiro atoms. The highest BCUT2D eigenvalue weighted by atomic mass is 16.3. The molecule has 7 heteroatoms. The smallest absolute Gasteiger partial charge is 0.254 e. The van der Waals surface area contributed by atoms with Crippen LogP contribution in [0.2, 0.25) is 0 Å². The number of amides is 2. The van der Waals surface area contributed by atoms with Crippen LogP contribution in [0.3, 0.4) is 0 Å². The number of nitrogens with zero attached hydrogens (tertiary/aromatic N) is 1. The van der Waals surface area contributed by atoms with Crippen LogP contribution in [0.4, 0.5) is 5.82 Å². The van der Waals surface area contributed by atoms with E-state index >= 15 is 0 Å². The van der Waals surface area contributed by atoms with Crippen LogP contribution in [-0.4, -0.2) is 28.6 Å². The van der Waals surface area contributed by atoms with Gasteiger partial charge in [0.2, 0.25) is 5.91 Å². The Hall–Kier alpha value is -3.35. The number of carbonyl (C=O) groups is 2. The fraction of sp³-hybridized carbons (Fsp3) is 0.118. The molecule has 122 valence electrons. The first-order chi connectivity index (χ1) is 11.6. The zero-order chi connectivity index (χ0) is 16.9. The van der Waals surface area contributed by atoms with Gasteiger partial charge in [0, 0.05) is 11.6 Å². The molecule has 0 aliphatic heterocycles. The number of carbonyl (C=O) groups excluding carboxylic acids is 2. The Morgan fingerprint density at radius 1 is 1.25 bits per heavy atom. The Kier molecular flexibility index (Phi) is 4.42. The molecule has 0 bridgehead atoms. The molecule has 0 atom stereocenters. The predicted molar refractivity (Wildman–Crippen MR) is 88.4 cm³/mol. The number of furan rings is 1. The molecular formula is C17H16N4O3. The van der Waals surface area contributed by atoms with E-state index in [9.17, 15) is 9.59 Å². The van der Waals surface area contributed by atoms with Crippen molar-refractivity contribution in [1.82, 2.24) is 15.5 Å². The van der Waals surface area contributed by atoms with Crippen LogP contribution in [0.5, 0.6) is 0 Å². The molecule has 0 saturated carbocycles. The van der Waals surface area contributed by atoms with Crippen LogP contribution in [-0.2, 0) is 4.79 Å². The fourth-order valence-corrected chi connectivity index (χ4v) is 2.24. The average Bonchev–Trinajstić information content (AvgIpc) is 3.25. The van der Waals surface area contributed by atoms with E-state index in [1.165, 1.54) is 18.6 Å². The van der Waals surface area contributed by atoms with E-state index in [1.807, 2.05) is 31.2 Å². The Morgan fingerprint density at radius 2 is 2.08 bits per heavy atom. The third-order valence-electron chi connectivity index (χ3n) is 3.47. The zero-order valence-electron chi connectivity index (χ0n) is 13.0. The highest BCUT2D eigenvalue weighted by Gasteiger charge is 2.11. The van der Waals surface area contributed by atoms with Gasteiger partial charge in [0.05, 0.1) is 24.1 Å². The van der Waals surface area contributed by atoms with Gasteiger partial charge < -0.3 is 15.1 Å². The van der Waals surface area contributed by atoms with E-state index in [0.717, 1.165) is 16.8 Å². The van der Waals surface area contributed by atoms with E-state index < -0.39 is 0 Å². The third kappa shape index (κ3) is 3.52. The van der Waals surface area contributed by atoms with Gasteiger partial charge in [0.25, 0.3) is 5.91 Å². The van der Waals surface area contributed by atoms with Gasteiger partial charge in [0.1, 0.15) is 6.26 Å². The Labute approximate surface area is 138 Å². The number of aryl methyl sites for hydroxylation is 1. The van der Waals surface area contributed by atoms with E-state index in [4.69, 9.17) is 4.42 Å². The zero-order valence-corrected chi connectivity index (χ0v) is 13.0. The molecule has 2 aromatic heterocycles. The number of H-pyrrole nitrogens is 1. The predicted octanol–water partition coefficient (Wildman–Crippen LogP) is 2.35. The number of aromatic nitrogens is 2. The van der Waals surface area contributed by atoms with Crippen LogP contribution < -0.4 is 10.6 Å². The maximum atomic E-state index is 11.9. The van der Waals surface area contributed by atoms with Gasteiger partial charge in [-0.25, -0.2) is 0 Å². The largest absolute Gasteiger partial charge is 0.472 e. The van der Waals surface area contributed by atoms with Gasteiger partial charge in [-0.1, -0.05) is 24.3 Å². The molecule has 3 rings (SSSR count). The molecule has 3 aromatic rings. The summed E-state index contributed by atoms with van der Waals surface area (Å²) < 4.78 is 4.82. The third-order valence-corrected chi connectivity index (χ3v) is 3.47. The molecule has 2 amide bonds. The van der Waals surface area contributed by atoms with Crippen molar-refractivity contribution in [2.45, 2.75) is 6.92 Å². The van der Waals surface area contributed by atoms with E-state index in [0.29, 0.717) is 11.4 Å². The molecule has 0 saturated heterocycles. The molecule has 0 unspecified atom stereocenters. The number of benzene rings is 1. The molecule has 7 nitrogen and oxygen atoms in total. The minimum atomic E-state index is -0.374. The second-order valence-corrected chi connectivity index (χ2v) is 5.22. The highest BCUT2D eigenvalue weighted by molar-refractivity contribution is 5.98. The number of rotatable bonds is 5. The summed E-state index contributed by atoms with van der Waals surface area (Å²) in [6, 6.07) is 11.1. The lowest BCUT2D eigenvalue weighted by Crippen LogP contribution is -2.32. The summed E-state index contributed by atoms with van der Waals surface area (Å²) in [6.45, 7) is 1.84. The van der Waals surface area contributed by atoms with Crippen molar-refractivity contribution < 1.29 is 14.0 Å². The van der Waals surface area contributed by atoms with Gasteiger partial charge in [-0.05, 0) is 18.6 Å². The first-order valence-corrected chi connectivity index (χ1v) is 7.35. The molecule has 3 N–H and O–H groups in total. The average molecular weight is 324 g/mol. The Balaban J connectivity index is 1.58. The van der Waals surface area contributed by atoms with Crippen LogP contribution in [0.1, 0.15) is 15.9 Å². The lowest BCUT2D eigenvalue weighted by Gasteiger charge is -2.03. The number of hydrogen-bond acceptors (Lipinski definition) is 4. The minimum absolute atomic E-state index is 0.156. The standard InChI is InChI=1S/C17H16N4O3/c1-11-4-2-3-5-13(11)14-8-15(21-20-14)19-16(22)9-18-17(23)12-6-7-24-10-12/h2-8,10H,9H2,1H3,(H,18,23)(H2,19,20,21,22). The van der Waals surface area contributed by atoms with Crippen molar-refractivity contribution in [3.8, 4) is 11.3 Å². The second kappa shape index (κ2) is 6.82. The summed E-state index contributed by atoms with van der Waals surface area (Å²) >= 11 is 0. The van der Waals surface area contributed by atoms with E-state index in [-0.39, 0.29) is 18.4 Å². The summed E-state index contributed by atoms with van der Waals surface area (Å²) in [7, 11) is 0. The lowest BCUT2D eigenvalue weighted by molar-refractivity contribution is -0.115. The van der Waals surface area contributed by atoms with Gasteiger partial charge in [0.15, 0.2) is 5.82 Å². The normalized spacial score (nSPS) is 10.4. The van der Waals surface area contributed by atoms with Gasteiger partial charge in [-0.3, -0.25) is 14.7 Å². The van der Waals surface area contributed by atoms with Gasteiger partial charge >= 0.3 is 0 Å². The van der Waals surface area contributed by atoms with Crippen molar-refractivity contribution >= 4 is 17.6 Å². The van der Waals surface area contributed by atoms with Gasteiger partial charge in [-0.2, -0.15) is 5.10 Å². The highest BCUT2D eigenvalue weighted by Crippen LogP contribution is 2.22. The quantitative estimate of drug-likeness (QED) is 0.670. The Morgan fingerprint density at radius 3 is 2.83 bits per heavy atom. The molecular weight excluding hydrogens is 308 g/mol. The van der Waals surface area contributed by atoms with Crippen molar-refractivity contribution in [3.63, 3.8) is 0 Å².